The number of amides is 1. The molecule has 0 atom stereocenters. The Morgan fingerprint density at radius 2 is 1.93 bits per heavy atom. The molecule has 2 nitrogen and oxygen atoms in total. The fourth-order valence-electron chi connectivity index (χ4n) is 1.93. The van der Waals surface area contributed by atoms with Crippen molar-refractivity contribution in [2.45, 2.75) is 57.4 Å². The van der Waals surface area contributed by atoms with Crippen molar-refractivity contribution in [2.24, 2.45) is 0 Å². The number of unbranched alkanes of at least 4 members (excludes halogenated alkanes) is 1. The summed E-state index contributed by atoms with van der Waals surface area (Å²) in [7, 11) is 0. The first-order valence-corrected chi connectivity index (χ1v) is 6.21. The second-order valence-corrected chi connectivity index (χ2v) is 4.43. The van der Waals surface area contributed by atoms with Crippen LogP contribution in [0, 0.1) is 0 Å². The van der Waals surface area contributed by atoms with Crippen LogP contribution >= 0.6 is 11.6 Å². The molecule has 0 unspecified atom stereocenters. The molecule has 0 saturated heterocycles. The van der Waals surface area contributed by atoms with Crippen molar-refractivity contribution in [1.82, 2.24) is 5.32 Å². The molecule has 1 fully saturated rings. The Labute approximate surface area is 91.4 Å². The van der Waals surface area contributed by atoms with Gasteiger partial charge in [-0.1, -0.05) is 19.3 Å². The van der Waals surface area contributed by atoms with Gasteiger partial charge in [0.05, 0.1) is 0 Å². The van der Waals surface area contributed by atoms with Gasteiger partial charge in [-0.15, -0.1) is 11.6 Å². The van der Waals surface area contributed by atoms with Gasteiger partial charge in [0.1, 0.15) is 0 Å². The van der Waals surface area contributed by atoms with Gasteiger partial charge in [-0.3, -0.25) is 4.79 Å². The number of alkyl halides is 1. The minimum absolute atomic E-state index is 0.210. The predicted octanol–water partition coefficient (Wildman–Crippen LogP) is 2.84. The van der Waals surface area contributed by atoms with Crippen molar-refractivity contribution in [1.29, 1.82) is 0 Å². The summed E-state index contributed by atoms with van der Waals surface area (Å²) in [4.78, 5) is 11.4. The molecular formula is C11H20ClNO. The average molecular weight is 218 g/mol. The summed E-state index contributed by atoms with van der Waals surface area (Å²) in [6.45, 7) is 0. The summed E-state index contributed by atoms with van der Waals surface area (Å²) in [5.74, 6) is 0.874. The summed E-state index contributed by atoms with van der Waals surface area (Å²) in [5.41, 5.74) is 0. The molecule has 82 valence electrons. The molecule has 0 heterocycles. The van der Waals surface area contributed by atoms with E-state index in [0.717, 1.165) is 12.8 Å². The van der Waals surface area contributed by atoms with Crippen molar-refractivity contribution in [3.05, 3.63) is 0 Å². The lowest BCUT2D eigenvalue weighted by Crippen LogP contribution is -2.35. The van der Waals surface area contributed by atoms with Crippen LogP contribution in [0.25, 0.3) is 0 Å². The zero-order chi connectivity index (χ0) is 10.2. The molecule has 0 aromatic rings. The second kappa shape index (κ2) is 7.10. The van der Waals surface area contributed by atoms with Crippen LogP contribution in [0.4, 0.5) is 0 Å². The number of carbonyl (C=O) groups is 1. The Balaban J connectivity index is 2.06. The molecular weight excluding hydrogens is 198 g/mol. The number of hydrogen-bond donors (Lipinski definition) is 1. The zero-order valence-corrected chi connectivity index (χ0v) is 9.48. The topological polar surface area (TPSA) is 29.1 Å². The van der Waals surface area contributed by atoms with Crippen molar-refractivity contribution in [3.8, 4) is 0 Å². The van der Waals surface area contributed by atoms with Crippen LogP contribution in [0.2, 0.25) is 0 Å². The normalized spacial score (nSPS) is 18.1. The number of carbonyl (C=O) groups excluding carboxylic acids is 1. The van der Waals surface area contributed by atoms with E-state index in [-0.39, 0.29) is 5.91 Å². The van der Waals surface area contributed by atoms with E-state index in [0.29, 0.717) is 18.3 Å². The number of nitrogens with one attached hydrogen (secondary N) is 1. The zero-order valence-electron chi connectivity index (χ0n) is 8.73. The van der Waals surface area contributed by atoms with Crippen LogP contribution < -0.4 is 5.32 Å². The summed E-state index contributed by atoms with van der Waals surface area (Å²) in [6, 6.07) is 0.451. The molecule has 1 aliphatic carbocycles. The SMILES string of the molecule is O=C(CCCCCl)NC1CCCCC1. The standard InChI is InChI=1S/C11H20ClNO/c12-9-5-4-8-11(14)13-10-6-2-1-3-7-10/h10H,1-9H2,(H,13,14). The van der Waals surface area contributed by atoms with E-state index in [1.165, 1.54) is 32.1 Å². The minimum Gasteiger partial charge on any atom is -0.353 e. The Morgan fingerprint density at radius 3 is 2.57 bits per heavy atom. The van der Waals surface area contributed by atoms with Gasteiger partial charge in [0.2, 0.25) is 5.91 Å². The highest BCUT2D eigenvalue weighted by molar-refractivity contribution is 6.17. The van der Waals surface area contributed by atoms with E-state index in [1.807, 2.05) is 0 Å². The molecule has 0 radical (unpaired) electrons. The molecule has 0 bridgehead atoms. The Hall–Kier alpha value is -0.240. The van der Waals surface area contributed by atoms with Gasteiger partial charge >= 0.3 is 0 Å². The third-order valence-electron chi connectivity index (χ3n) is 2.76. The van der Waals surface area contributed by atoms with Crippen LogP contribution in [-0.2, 0) is 4.79 Å². The van der Waals surface area contributed by atoms with Crippen LogP contribution in [-0.4, -0.2) is 17.8 Å². The second-order valence-electron chi connectivity index (χ2n) is 4.05. The summed E-state index contributed by atoms with van der Waals surface area (Å²) in [6.07, 6.45) is 8.71. The van der Waals surface area contributed by atoms with E-state index in [1.54, 1.807) is 0 Å². The maximum Gasteiger partial charge on any atom is 0.220 e. The number of hydrogen-bond acceptors (Lipinski definition) is 1. The third kappa shape index (κ3) is 4.85. The molecule has 0 aromatic heterocycles. The molecule has 0 aromatic carbocycles. The highest BCUT2D eigenvalue weighted by Crippen LogP contribution is 2.17. The Bertz CT molecular complexity index is 167. The Kier molecular flexibility index (Phi) is 6.00. The average Bonchev–Trinajstić information content (AvgIpc) is 2.20. The van der Waals surface area contributed by atoms with Crippen molar-refractivity contribution >= 4 is 17.5 Å². The molecule has 0 aliphatic heterocycles. The highest BCUT2D eigenvalue weighted by Gasteiger charge is 2.14. The molecule has 1 N–H and O–H groups in total. The fourth-order valence-corrected chi connectivity index (χ4v) is 2.12. The Morgan fingerprint density at radius 1 is 1.21 bits per heavy atom. The smallest absolute Gasteiger partial charge is 0.220 e. The number of halogens is 1. The molecule has 1 amide bonds. The van der Waals surface area contributed by atoms with Crippen molar-refractivity contribution in [3.63, 3.8) is 0 Å². The van der Waals surface area contributed by atoms with Gasteiger partial charge in [0.15, 0.2) is 0 Å². The van der Waals surface area contributed by atoms with Crippen molar-refractivity contribution in [2.75, 3.05) is 5.88 Å². The molecule has 1 saturated carbocycles. The highest BCUT2D eigenvalue weighted by atomic mass is 35.5. The summed E-state index contributed by atoms with van der Waals surface area (Å²) < 4.78 is 0. The molecule has 1 rings (SSSR count). The first-order valence-electron chi connectivity index (χ1n) is 5.68. The van der Waals surface area contributed by atoms with Gasteiger partial charge in [-0.2, -0.15) is 0 Å². The number of rotatable bonds is 5. The van der Waals surface area contributed by atoms with Gasteiger partial charge in [-0.05, 0) is 25.7 Å². The molecule has 3 heteroatoms. The quantitative estimate of drug-likeness (QED) is 0.557. The predicted molar refractivity (Wildman–Crippen MR) is 59.6 cm³/mol. The van der Waals surface area contributed by atoms with Crippen LogP contribution in [0.3, 0.4) is 0 Å². The van der Waals surface area contributed by atoms with E-state index >= 15 is 0 Å². The molecule has 1 aliphatic rings. The lowest BCUT2D eigenvalue weighted by Gasteiger charge is -2.22. The fraction of sp³-hybridized carbons (Fsp3) is 0.909. The maximum absolute atomic E-state index is 11.4. The summed E-state index contributed by atoms with van der Waals surface area (Å²) >= 11 is 5.55. The van der Waals surface area contributed by atoms with Gasteiger partial charge in [0, 0.05) is 18.3 Å². The molecule has 0 spiro atoms. The van der Waals surface area contributed by atoms with E-state index < -0.39 is 0 Å². The lowest BCUT2D eigenvalue weighted by molar-refractivity contribution is -0.122. The molecule has 14 heavy (non-hydrogen) atoms. The largest absolute Gasteiger partial charge is 0.353 e. The van der Waals surface area contributed by atoms with Crippen LogP contribution in [0.15, 0.2) is 0 Å². The minimum atomic E-state index is 0.210. The first-order chi connectivity index (χ1) is 6.83. The van der Waals surface area contributed by atoms with Crippen LogP contribution in [0.1, 0.15) is 51.4 Å². The van der Waals surface area contributed by atoms with Gasteiger partial charge in [-0.25, -0.2) is 0 Å². The first kappa shape index (κ1) is 11.8. The van der Waals surface area contributed by atoms with Crippen molar-refractivity contribution < 1.29 is 4.79 Å². The van der Waals surface area contributed by atoms with Gasteiger partial charge in [0.25, 0.3) is 0 Å². The van der Waals surface area contributed by atoms with Crippen LogP contribution in [0.5, 0.6) is 0 Å². The van der Waals surface area contributed by atoms with Gasteiger partial charge < -0.3 is 5.32 Å². The lowest BCUT2D eigenvalue weighted by atomic mass is 9.95. The maximum atomic E-state index is 11.4. The van der Waals surface area contributed by atoms with E-state index in [9.17, 15) is 4.79 Å². The third-order valence-corrected chi connectivity index (χ3v) is 3.03. The summed E-state index contributed by atoms with van der Waals surface area (Å²) in [5, 5.41) is 3.10. The monoisotopic (exact) mass is 217 g/mol. The van der Waals surface area contributed by atoms with E-state index in [4.69, 9.17) is 11.6 Å². The van der Waals surface area contributed by atoms with E-state index in [2.05, 4.69) is 5.32 Å².